The monoisotopic (exact) mass is 376 g/mol. The van der Waals surface area contributed by atoms with Crippen LogP contribution in [-0.2, 0) is 22.1 Å². The van der Waals surface area contributed by atoms with Gasteiger partial charge in [0.15, 0.2) is 9.84 Å². The highest BCUT2D eigenvalue weighted by atomic mass is 32.2. The first-order valence-electron chi connectivity index (χ1n) is 8.80. The highest BCUT2D eigenvalue weighted by Gasteiger charge is 2.20. The molecule has 136 valence electrons. The highest BCUT2D eigenvalue weighted by Crippen LogP contribution is 2.22. The summed E-state index contributed by atoms with van der Waals surface area (Å²) in [7, 11) is -3.48. The second-order valence-electron chi connectivity index (χ2n) is 6.66. The molecule has 0 aliphatic heterocycles. The van der Waals surface area contributed by atoms with Gasteiger partial charge in [-0.3, -0.25) is 0 Å². The smallest absolute Gasteiger partial charge is 0.185 e. The van der Waals surface area contributed by atoms with Crippen LogP contribution in [0, 0.1) is 6.92 Å². The number of sulfone groups is 1. The van der Waals surface area contributed by atoms with E-state index in [0.29, 0.717) is 17.3 Å². The van der Waals surface area contributed by atoms with E-state index in [0.717, 1.165) is 22.2 Å². The number of benzene rings is 3. The molecule has 0 spiro atoms. The van der Waals surface area contributed by atoms with Crippen LogP contribution in [-0.4, -0.2) is 18.0 Å². The van der Waals surface area contributed by atoms with Gasteiger partial charge in [0.05, 0.1) is 15.9 Å². The van der Waals surface area contributed by atoms with E-state index in [4.69, 9.17) is 0 Å². The summed E-state index contributed by atoms with van der Waals surface area (Å²) in [5, 5.41) is 0. The SMILES string of the molecule is Cc1ccc(S(=O)(=O)Cc2nc3ccccc3n2Cc2ccccc2)cc1. The minimum atomic E-state index is -3.48. The Morgan fingerprint density at radius 1 is 0.852 bits per heavy atom. The molecule has 0 unspecified atom stereocenters. The lowest BCUT2D eigenvalue weighted by Gasteiger charge is -2.10. The van der Waals surface area contributed by atoms with E-state index in [1.165, 1.54) is 0 Å². The second kappa shape index (κ2) is 7.00. The van der Waals surface area contributed by atoms with Gasteiger partial charge in [0.1, 0.15) is 11.6 Å². The summed E-state index contributed by atoms with van der Waals surface area (Å²) in [6, 6.07) is 24.7. The summed E-state index contributed by atoms with van der Waals surface area (Å²) in [6.45, 7) is 2.52. The Balaban J connectivity index is 1.77. The summed E-state index contributed by atoms with van der Waals surface area (Å²) >= 11 is 0. The van der Waals surface area contributed by atoms with Crippen molar-refractivity contribution in [3.05, 3.63) is 95.8 Å². The molecule has 0 saturated carbocycles. The molecule has 27 heavy (non-hydrogen) atoms. The summed E-state index contributed by atoms with van der Waals surface area (Å²) in [5.74, 6) is 0.429. The standard InChI is InChI=1S/C22H20N2O2S/c1-17-11-13-19(14-12-17)27(25,26)16-22-23-20-9-5-6-10-21(20)24(22)15-18-7-3-2-4-8-18/h2-14H,15-16H2,1H3. The van der Waals surface area contributed by atoms with Crippen LogP contribution in [0.15, 0.2) is 83.8 Å². The number of imidazole rings is 1. The van der Waals surface area contributed by atoms with Crippen LogP contribution in [0.2, 0.25) is 0 Å². The molecule has 4 aromatic rings. The lowest BCUT2D eigenvalue weighted by atomic mass is 10.2. The fourth-order valence-electron chi connectivity index (χ4n) is 3.18. The van der Waals surface area contributed by atoms with Crippen molar-refractivity contribution in [3.63, 3.8) is 0 Å². The Bertz CT molecular complexity index is 1180. The van der Waals surface area contributed by atoms with Crippen LogP contribution >= 0.6 is 0 Å². The van der Waals surface area contributed by atoms with Crippen molar-refractivity contribution in [3.8, 4) is 0 Å². The number of fused-ring (bicyclic) bond motifs is 1. The average Bonchev–Trinajstić information content (AvgIpc) is 2.99. The third kappa shape index (κ3) is 3.64. The molecule has 5 heteroatoms. The van der Waals surface area contributed by atoms with Gasteiger partial charge < -0.3 is 4.57 Å². The first-order chi connectivity index (χ1) is 13.0. The zero-order valence-corrected chi connectivity index (χ0v) is 15.9. The average molecular weight is 376 g/mol. The molecular formula is C22H20N2O2S. The van der Waals surface area contributed by atoms with Crippen LogP contribution in [0.1, 0.15) is 17.0 Å². The summed E-state index contributed by atoms with van der Waals surface area (Å²) < 4.78 is 27.9. The Morgan fingerprint density at radius 2 is 1.52 bits per heavy atom. The van der Waals surface area contributed by atoms with E-state index in [-0.39, 0.29) is 5.75 Å². The van der Waals surface area contributed by atoms with Crippen molar-refractivity contribution in [2.75, 3.05) is 0 Å². The Kier molecular flexibility index (Phi) is 4.54. The maximum absolute atomic E-state index is 12.9. The first-order valence-corrected chi connectivity index (χ1v) is 10.5. The Morgan fingerprint density at radius 3 is 2.26 bits per heavy atom. The molecule has 3 aromatic carbocycles. The van der Waals surface area contributed by atoms with Crippen molar-refractivity contribution in [2.24, 2.45) is 0 Å². The predicted octanol–water partition coefficient (Wildman–Crippen LogP) is 4.37. The van der Waals surface area contributed by atoms with Gasteiger partial charge in [0.2, 0.25) is 0 Å². The minimum absolute atomic E-state index is 0.127. The van der Waals surface area contributed by atoms with Crippen molar-refractivity contribution in [1.82, 2.24) is 9.55 Å². The number of rotatable bonds is 5. The van der Waals surface area contributed by atoms with E-state index in [1.807, 2.05) is 78.2 Å². The Labute approximate surface area is 159 Å². The molecule has 0 amide bonds. The molecule has 0 saturated heterocycles. The Hall–Kier alpha value is -2.92. The van der Waals surface area contributed by atoms with E-state index in [1.54, 1.807) is 12.1 Å². The second-order valence-corrected chi connectivity index (χ2v) is 8.65. The predicted molar refractivity (Wildman–Crippen MR) is 107 cm³/mol. The van der Waals surface area contributed by atoms with Crippen molar-refractivity contribution >= 4 is 20.9 Å². The van der Waals surface area contributed by atoms with Gasteiger partial charge in [-0.15, -0.1) is 0 Å². The molecule has 0 bridgehead atoms. The van der Waals surface area contributed by atoms with Crippen LogP contribution < -0.4 is 0 Å². The maximum atomic E-state index is 12.9. The number of aromatic nitrogens is 2. The molecule has 1 heterocycles. The minimum Gasteiger partial charge on any atom is -0.323 e. The molecule has 0 atom stereocenters. The fraction of sp³-hybridized carbons (Fsp3) is 0.136. The van der Waals surface area contributed by atoms with Gasteiger partial charge >= 0.3 is 0 Å². The normalized spacial score (nSPS) is 11.7. The lowest BCUT2D eigenvalue weighted by molar-refractivity contribution is 0.592. The molecule has 0 aliphatic rings. The molecule has 4 rings (SSSR count). The van der Waals surface area contributed by atoms with E-state index in [9.17, 15) is 8.42 Å². The van der Waals surface area contributed by atoms with Crippen molar-refractivity contribution in [2.45, 2.75) is 24.1 Å². The van der Waals surface area contributed by atoms with Gasteiger partial charge in [-0.2, -0.15) is 0 Å². The van der Waals surface area contributed by atoms with Gasteiger partial charge in [-0.05, 0) is 36.8 Å². The van der Waals surface area contributed by atoms with Gasteiger partial charge in [-0.1, -0.05) is 60.2 Å². The zero-order valence-electron chi connectivity index (χ0n) is 15.0. The molecule has 0 aliphatic carbocycles. The van der Waals surface area contributed by atoms with Crippen LogP contribution in [0.25, 0.3) is 11.0 Å². The summed E-state index contributed by atoms with van der Waals surface area (Å²) in [6.07, 6.45) is 0. The first kappa shape index (κ1) is 17.5. The highest BCUT2D eigenvalue weighted by molar-refractivity contribution is 7.90. The van der Waals surface area contributed by atoms with Gasteiger partial charge in [-0.25, -0.2) is 13.4 Å². The van der Waals surface area contributed by atoms with E-state index in [2.05, 4.69) is 4.98 Å². The topological polar surface area (TPSA) is 52.0 Å². The number of hydrogen-bond acceptors (Lipinski definition) is 3. The van der Waals surface area contributed by atoms with Gasteiger partial charge in [0.25, 0.3) is 0 Å². The molecule has 0 fully saturated rings. The van der Waals surface area contributed by atoms with Gasteiger partial charge in [0, 0.05) is 6.54 Å². The number of aryl methyl sites for hydroxylation is 1. The zero-order chi connectivity index (χ0) is 18.9. The van der Waals surface area contributed by atoms with Crippen molar-refractivity contribution < 1.29 is 8.42 Å². The number of nitrogens with zero attached hydrogens (tertiary/aromatic N) is 2. The van der Waals surface area contributed by atoms with Crippen LogP contribution in [0.3, 0.4) is 0 Å². The third-order valence-electron chi connectivity index (χ3n) is 4.62. The maximum Gasteiger partial charge on any atom is 0.185 e. The number of para-hydroxylation sites is 2. The molecule has 4 nitrogen and oxygen atoms in total. The summed E-state index contributed by atoms with van der Waals surface area (Å²) in [4.78, 5) is 4.95. The van der Waals surface area contributed by atoms with Crippen LogP contribution in [0.4, 0.5) is 0 Å². The van der Waals surface area contributed by atoms with E-state index >= 15 is 0 Å². The fourth-order valence-corrected chi connectivity index (χ4v) is 4.45. The molecule has 0 N–H and O–H groups in total. The third-order valence-corrected chi connectivity index (χ3v) is 6.24. The quantitative estimate of drug-likeness (QED) is 0.520. The summed E-state index contributed by atoms with van der Waals surface area (Å²) in [5.41, 5.74) is 3.89. The molecular weight excluding hydrogens is 356 g/mol. The van der Waals surface area contributed by atoms with Crippen molar-refractivity contribution in [1.29, 1.82) is 0 Å². The largest absolute Gasteiger partial charge is 0.323 e. The molecule has 0 radical (unpaired) electrons. The lowest BCUT2D eigenvalue weighted by Crippen LogP contribution is -2.12. The number of hydrogen-bond donors (Lipinski definition) is 0. The molecule has 1 aromatic heterocycles. The van der Waals surface area contributed by atoms with E-state index < -0.39 is 9.84 Å². The van der Waals surface area contributed by atoms with Crippen LogP contribution in [0.5, 0.6) is 0 Å².